The molecule has 2 aromatic heterocycles. The molecule has 0 bridgehead atoms. The van der Waals surface area contributed by atoms with E-state index in [0.29, 0.717) is 26.3 Å². The van der Waals surface area contributed by atoms with Crippen LogP contribution in [0.4, 0.5) is 0 Å². The number of carbonyl (C=O) groups excluding carboxylic acids is 1. The number of hydrogen-bond donors (Lipinski definition) is 0. The van der Waals surface area contributed by atoms with Crippen molar-refractivity contribution in [1.29, 1.82) is 0 Å². The van der Waals surface area contributed by atoms with Gasteiger partial charge in [0.25, 0.3) is 0 Å². The minimum absolute atomic E-state index is 0.0545. The van der Waals surface area contributed by atoms with Gasteiger partial charge in [0.05, 0.1) is 24.5 Å². The Bertz CT molecular complexity index is 942. The maximum Gasteiger partial charge on any atom is 0.246 e. The highest BCUT2D eigenvalue weighted by atomic mass is 16.5. The molecule has 1 aliphatic rings. The van der Waals surface area contributed by atoms with E-state index in [-0.39, 0.29) is 12.0 Å². The summed E-state index contributed by atoms with van der Waals surface area (Å²) in [6.07, 6.45) is 7.92. The number of benzene rings is 1. The zero-order valence-corrected chi connectivity index (χ0v) is 15.8. The first-order valence-electron chi connectivity index (χ1n) is 9.35. The van der Waals surface area contributed by atoms with Gasteiger partial charge in [-0.3, -0.25) is 9.78 Å². The number of ether oxygens (including phenoxy) is 2. The number of nitrogens with zero attached hydrogens (tertiary/aromatic N) is 5. The Labute approximate surface area is 168 Å². The maximum absolute atomic E-state index is 12.4. The molecule has 0 N–H and O–H groups in total. The molecule has 0 aliphatic carbocycles. The zero-order valence-electron chi connectivity index (χ0n) is 15.8. The molecule has 4 rings (SSSR count). The van der Waals surface area contributed by atoms with Gasteiger partial charge in [0, 0.05) is 18.8 Å². The Morgan fingerprint density at radius 3 is 2.90 bits per heavy atom. The summed E-state index contributed by atoms with van der Waals surface area (Å²) in [4.78, 5) is 22.3. The molecule has 8 nitrogen and oxygen atoms in total. The normalized spacial score (nSPS) is 16.8. The van der Waals surface area contributed by atoms with Crippen molar-refractivity contribution in [1.82, 2.24) is 24.6 Å². The van der Waals surface area contributed by atoms with E-state index in [1.54, 1.807) is 34.3 Å². The molecule has 1 aromatic carbocycles. The number of morpholine rings is 1. The summed E-state index contributed by atoms with van der Waals surface area (Å²) in [5.74, 6) is 0.678. The van der Waals surface area contributed by atoms with E-state index >= 15 is 0 Å². The van der Waals surface area contributed by atoms with Gasteiger partial charge < -0.3 is 14.4 Å². The van der Waals surface area contributed by atoms with Crippen LogP contribution < -0.4 is 4.74 Å². The highest BCUT2D eigenvalue weighted by Gasteiger charge is 2.23. The molecule has 1 amide bonds. The van der Waals surface area contributed by atoms with Gasteiger partial charge in [0.2, 0.25) is 5.91 Å². The van der Waals surface area contributed by atoms with Gasteiger partial charge in [-0.15, -0.1) is 0 Å². The van der Waals surface area contributed by atoms with Crippen LogP contribution in [-0.2, 0) is 9.53 Å². The van der Waals surface area contributed by atoms with Crippen LogP contribution >= 0.6 is 0 Å². The first-order valence-corrected chi connectivity index (χ1v) is 9.35. The molecule has 0 radical (unpaired) electrons. The molecule has 0 spiro atoms. The molecule has 0 saturated carbocycles. The summed E-state index contributed by atoms with van der Waals surface area (Å²) in [7, 11) is 0. The average Bonchev–Trinajstić information content (AvgIpc) is 3.32. The molecular formula is C21H21N5O3. The standard InChI is InChI=1S/C21H21N5O3/c27-21(9-4-17-3-1-2-10-23-17)25-11-12-28-20(13-25)14-29-19-7-5-18(6-8-19)26-16-22-15-24-26/h1-10,15-16,20H,11-14H2. The van der Waals surface area contributed by atoms with Gasteiger partial charge in [-0.2, -0.15) is 5.10 Å². The topological polar surface area (TPSA) is 82.4 Å². The third-order valence-corrected chi connectivity index (χ3v) is 4.49. The summed E-state index contributed by atoms with van der Waals surface area (Å²) in [6.45, 7) is 1.91. The molecule has 1 saturated heterocycles. The number of aromatic nitrogens is 4. The maximum atomic E-state index is 12.4. The number of pyridine rings is 1. The SMILES string of the molecule is O=C(C=Cc1ccccn1)N1CCOC(COc2ccc(-n3cncn3)cc2)C1. The Morgan fingerprint density at radius 2 is 2.14 bits per heavy atom. The van der Waals surface area contributed by atoms with E-state index in [2.05, 4.69) is 15.1 Å². The van der Waals surface area contributed by atoms with Gasteiger partial charge >= 0.3 is 0 Å². The Morgan fingerprint density at radius 1 is 1.24 bits per heavy atom. The van der Waals surface area contributed by atoms with Crippen LogP contribution in [0.15, 0.2) is 67.4 Å². The smallest absolute Gasteiger partial charge is 0.246 e. The van der Waals surface area contributed by atoms with Crippen LogP contribution in [-0.4, -0.2) is 63.0 Å². The predicted octanol–water partition coefficient (Wildman–Crippen LogP) is 1.98. The van der Waals surface area contributed by atoms with Crippen molar-refractivity contribution in [2.24, 2.45) is 0 Å². The summed E-state index contributed by atoms with van der Waals surface area (Å²) in [5, 5.41) is 4.09. The second kappa shape index (κ2) is 9.11. The van der Waals surface area contributed by atoms with Crippen LogP contribution in [0.5, 0.6) is 5.75 Å². The zero-order chi connectivity index (χ0) is 19.9. The summed E-state index contributed by atoms with van der Waals surface area (Å²) < 4.78 is 13.3. The summed E-state index contributed by atoms with van der Waals surface area (Å²) in [5.41, 5.74) is 1.66. The summed E-state index contributed by atoms with van der Waals surface area (Å²) in [6, 6.07) is 13.1. The van der Waals surface area contributed by atoms with Crippen molar-refractivity contribution >= 4 is 12.0 Å². The van der Waals surface area contributed by atoms with E-state index in [0.717, 1.165) is 17.1 Å². The molecule has 1 aliphatic heterocycles. The largest absolute Gasteiger partial charge is 0.491 e. The average molecular weight is 391 g/mol. The second-order valence-electron chi connectivity index (χ2n) is 6.51. The second-order valence-corrected chi connectivity index (χ2v) is 6.51. The third-order valence-electron chi connectivity index (χ3n) is 4.49. The van der Waals surface area contributed by atoms with Crippen LogP contribution in [0.1, 0.15) is 5.69 Å². The first-order chi connectivity index (χ1) is 14.3. The molecule has 148 valence electrons. The number of carbonyl (C=O) groups is 1. The molecule has 29 heavy (non-hydrogen) atoms. The lowest BCUT2D eigenvalue weighted by Crippen LogP contribution is -2.47. The van der Waals surface area contributed by atoms with Crippen molar-refractivity contribution in [3.8, 4) is 11.4 Å². The lowest BCUT2D eigenvalue weighted by Gasteiger charge is -2.32. The number of rotatable bonds is 6. The molecule has 1 unspecified atom stereocenters. The quantitative estimate of drug-likeness (QED) is 0.598. The molecule has 8 heteroatoms. The van der Waals surface area contributed by atoms with Crippen molar-refractivity contribution in [2.45, 2.75) is 6.10 Å². The monoisotopic (exact) mass is 391 g/mol. The van der Waals surface area contributed by atoms with Crippen LogP contribution in [0.25, 0.3) is 11.8 Å². The fraction of sp³-hybridized carbons (Fsp3) is 0.238. The van der Waals surface area contributed by atoms with Gasteiger partial charge in [-0.25, -0.2) is 9.67 Å². The minimum atomic E-state index is -0.175. The molecular weight excluding hydrogens is 370 g/mol. The highest BCUT2D eigenvalue weighted by molar-refractivity contribution is 5.91. The fourth-order valence-electron chi connectivity index (χ4n) is 2.98. The highest BCUT2D eigenvalue weighted by Crippen LogP contribution is 2.16. The van der Waals surface area contributed by atoms with Crippen molar-refractivity contribution in [3.63, 3.8) is 0 Å². The van der Waals surface area contributed by atoms with Crippen molar-refractivity contribution < 1.29 is 14.3 Å². The van der Waals surface area contributed by atoms with Crippen molar-refractivity contribution in [2.75, 3.05) is 26.3 Å². The Balaban J connectivity index is 1.28. The van der Waals surface area contributed by atoms with Gasteiger partial charge in [0.15, 0.2) is 0 Å². The predicted molar refractivity (Wildman–Crippen MR) is 106 cm³/mol. The van der Waals surface area contributed by atoms with Crippen LogP contribution in [0.2, 0.25) is 0 Å². The Hall–Kier alpha value is -3.52. The van der Waals surface area contributed by atoms with Crippen LogP contribution in [0, 0.1) is 0 Å². The van der Waals surface area contributed by atoms with Gasteiger partial charge in [-0.1, -0.05) is 6.07 Å². The number of amides is 1. The fourth-order valence-corrected chi connectivity index (χ4v) is 2.98. The molecule has 3 aromatic rings. The third kappa shape index (κ3) is 5.05. The van der Waals surface area contributed by atoms with Gasteiger partial charge in [0.1, 0.15) is 31.1 Å². The lowest BCUT2D eigenvalue weighted by molar-refractivity contribution is -0.134. The Kier molecular flexibility index (Phi) is 5.92. The molecule has 1 atom stereocenters. The van der Waals surface area contributed by atoms with E-state index < -0.39 is 0 Å². The molecule has 3 heterocycles. The first kappa shape index (κ1) is 18.8. The van der Waals surface area contributed by atoms with Crippen molar-refractivity contribution in [3.05, 3.63) is 73.1 Å². The summed E-state index contributed by atoms with van der Waals surface area (Å²) >= 11 is 0. The lowest BCUT2D eigenvalue weighted by atomic mass is 10.2. The minimum Gasteiger partial charge on any atom is -0.491 e. The van der Waals surface area contributed by atoms with E-state index in [9.17, 15) is 4.79 Å². The van der Waals surface area contributed by atoms with E-state index in [1.165, 1.54) is 6.33 Å². The molecule has 1 fully saturated rings. The number of hydrogen-bond acceptors (Lipinski definition) is 6. The van der Waals surface area contributed by atoms with E-state index in [4.69, 9.17) is 9.47 Å². The van der Waals surface area contributed by atoms with Crippen LogP contribution in [0.3, 0.4) is 0 Å². The van der Waals surface area contributed by atoms with Gasteiger partial charge in [-0.05, 0) is 42.5 Å². The van der Waals surface area contributed by atoms with E-state index in [1.807, 2.05) is 42.5 Å².